The third-order valence-corrected chi connectivity index (χ3v) is 6.78. The van der Waals surface area contributed by atoms with Gasteiger partial charge in [0.25, 0.3) is 5.91 Å². The zero-order valence-electron chi connectivity index (χ0n) is 21.6. The second-order valence-electron chi connectivity index (χ2n) is 8.60. The Balaban J connectivity index is 1.43. The van der Waals surface area contributed by atoms with Gasteiger partial charge in [0, 0.05) is 23.2 Å². The zero-order valence-corrected chi connectivity index (χ0v) is 22.4. The van der Waals surface area contributed by atoms with Gasteiger partial charge >= 0.3 is 5.69 Å². The van der Waals surface area contributed by atoms with Crippen LogP contribution in [0.5, 0.6) is 5.75 Å². The molecule has 5 N–H and O–H groups in total. The summed E-state index contributed by atoms with van der Waals surface area (Å²) in [5, 5.41) is 7.15. The second-order valence-corrected chi connectivity index (χ2v) is 9.34. The molecule has 40 heavy (non-hydrogen) atoms. The van der Waals surface area contributed by atoms with Crippen LogP contribution in [0.3, 0.4) is 0 Å². The number of amides is 1. The summed E-state index contributed by atoms with van der Waals surface area (Å²) in [6.07, 6.45) is 1.53. The number of ketones is 1. The largest absolute Gasteiger partial charge is 0.494 e. The minimum absolute atomic E-state index is 0.0672. The lowest BCUT2D eigenvalue weighted by molar-refractivity contribution is -0.237. The first-order valence-corrected chi connectivity index (χ1v) is 12.7. The number of hydrogen-bond acceptors (Lipinski definition) is 10. The van der Waals surface area contributed by atoms with Gasteiger partial charge in [-0.1, -0.05) is 24.3 Å². The van der Waals surface area contributed by atoms with Crippen LogP contribution in [-0.2, 0) is 18.9 Å². The number of nitrogens with zero attached hydrogens (tertiary/aromatic N) is 1. The van der Waals surface area contributed by atoms with Crippen molar-refractivity contribution in [1.82, 2.24) is 15.4 Å². The monoisotopic (exact) mass is 560 g/mol. The first-order chi connectivity index (χ1) is 19.4. The standard InChI is InChI=1S/C27H24N6O6S/c1-14-10-21(22(37-3)13-23(14)40-39-38-28-2)32-33-24-17-7-5-4-6-15(17)11-18(25(24)34)26(35)29-16-8-9-19-20(12-16)31-27(36)30-19/h4-13,28,32H,1-3H3,(H,29,35)(H2,30,31,36)/b33-24-. The minimum Gasteiger partial charge on any atom is -0.494 e. The first-order valence-electron chi connectivity index (χ1n) is 12.0. The van der Waals surface area contributed by atoms with Crippen molar-refractivity contribution in [3.05, 3.63) is 87.3 Å². The smallest absolute Gasteiger partial charge is 0.323 e. The Morgan fingerprint density at radius 3 is 2.62 bits per heavy atom. The Labute approximate surface area is 231 Å². The predicted octanol–water partition coefficient (Wildman–Crippen LogP) is 3.68. The number of carbonyl (C=O) groups is 2. The van der Waals surface area contributed by atoms with Gasteiger partial charge < -0.3 is 20.0 Å². The maximum atomic E-state index is 13.6. The van der Waals surface area contributed by atoms with E-state index in [2.05, 4.69) is 31.3 Å². The van der Waals surface area contributed by atoms with Crippen LogP contribution in [0.1, 0.15) is 16.7 Å². The number of ether oxygens (including phenoxy) is 1. The third kappa shape index (κ3) is 5.53. The lowest BCUT2D eigenvalue weighted by Crippen LogP contribution is -2.30. The van der Waals surface area contributed by atoms with Crippen LogP contribution >= 0.6 is 12.0 Å². The average molecular weight is 561 g/mol. The molecule has 13 heteroatoms. The molecule has 1 heterocycles. The molecular weight excluding hydrogens is 536 g/mol. The molecule has 0 aliphatic heterocycles. The Kier molecular flexibility index (Phi) is 7.79. The molecule has 1 aliphatic carbocycles. The van der Waals surface area contributed by atoms with Gasteiger partial charge in [-0.05, 0) is 54.5 Å². The Morgan fingerprint density at radius 2 is 1.82 bits per heavy atom. The molecule has 204 valence electrons. The number of hydroxylamine groups is 1. The number of methoxy groups -OCH3 is 1. The van der Waals surface area contributed by atoms with Gasteiger partial charge in [-0.3, -0.25) is 15.0 Å². The molecule has 3 aromatic carbocycles. The van der Waals surface area contributed by atoms with E-state index in [1.807, 2.05) is 13.0 Å². The number of nitrogens with one attached hydrogen (secondary N) is 5. The van der Waals surface area contributed by atoms with E-state index in [0.29, 0.717) is 39.3 Å². The summed E-state index contributed by atoms with van der Waals surface area (Å²) in [7, 11) is 3.08. The van der Waals surface area contributed by atoms with Crippen LogP contribution in [0.25, 0.3) is 17.1 Å². The number of fused-ring (bicyclic) bond motifs is 2. The summed E-state index contributed by atoms with van der Waals surface area (Å²) in [6, 6.07) is 15.6. The van der Waals surface area contributed by atoms with E-state index in [-0.39, 0.29) is 17.0 Å². The van der Waals surface area contributed by atoms with E-state index in [1.165, 1.54) is 13.2 Å². The highest BCUT2D eigenvalue weighted by atomic mass is 32.2. The number of rotatable bonds is 9. The maximum absolute atomic E-state index is 13.6. The number of anilines is 2. The number of aromatic nitrogens is 2. The summed E-state index contributed by atoms with van der Waals surface area (Å²) in [5.41, 5.74) is 9.08. The van der Waals surface area contributed by atoms with Crippen LogP contribution in [-0.4, -0.2) is 41.5 Å². The summed E-state index contributed by atoms with van der Waals surface area (Å²) >= 11 is 0.999. The van der Waals surface area contributed by atoms with Gasteiger partial charge in [-0.2, -0.15) is 10.6 Å². The van der Waals surface area contributed by atoms with Crippen molar-refractivity contribution in [2.45, 2.75) is 11.8 Å². The van der Waals surface area contributed by atoms with Crippen LogP contribution < -0.4 is 26.6 Å². The molecule has 0 saturated carbocycles. The summed E-state index contributed by atoms with van der Waals surface area (Å²) in [6.45, 7) is 1.87. The number of hydrogen-bond donors (Lipinski definition) is 5. The fourth-order valence-electron chi connectivity index (χ4n) is 4.12. The van der Waals surface area contributed by atoms with E-state index < -0.39 is 11.7 Å². The van der Waals surface area contributed by atoms with Crippen molar-refractivity contribution in [1.29, 1.82) is 0 Å². The number of hydrazone groups is 1. The second kappa shape index (κ2) is 11.6. The lowest BCUT2D eigenvalue weighted by Gasteiger charge is -2.18. The van der Waals surface area contributed by atoms with Crippen molar-refractivity contribution in [3.63, 3.8) is 0 Å². The number of H-pyrrole nitrogens is 2. The van der Waals surface area contributed by atoms with Gasteiger partial charge in [0.2, 0.25) is 5.78 Å². The molecule has 0 unspecified atom stereocenters. The summed E-state index contributed by atoms with van der Waals surface area (Å²) in [4.78, 5) is 49.1. The molecule has 1 aromatic heterocycles. The molecule has 1 aliphatic rings. The SMILES string of the molecule is CNOOSc1cc(OC)c(N/N=C2\C(=O)C(C(=O)Nc3ccc4[nH]c(=O)[nH]c4c3)=Cc3ccccc32)cc1C. The first kappa shape index (κ1) is 26.9. The van der Waals surface area contributed by atoms with E-state index in [1.54, 1.807) is 55.6 Å². The maximum Gasteiger partial charge on any atom is 0.323 e. The third-order valence-electron chi connectivity index (χ3n) is 6.02. The van der Waals surface area contributed by atoms with Crippen LogP contribution in [0.4, 0.5) is 11.4 Å². The highest BCUT2D eigenvalue weighted by Crippen LogP contribution is 2.34. The Hall–Kier alpha value is -4.69. The minimum atomic E-state index is -0.608. The molecule has 0 fully saturated rings. The number of aryl methyl sites for hydroxylation is 1. The van der Waals surface area contributed by atoms with E-state index >= 15 is 0 Å². The van der Waals surface area contributed by atoms with Crippen molar-refractivity contribution in [2.75, 3.05) is 24.9 Å². The van der Waals surface area contributed by atoms with Gasteiger partial charge in [-0.25, -0.2) is 4.79 Å². The predicted molar refractivity (Wildman–Crippen MR) is 152 cm³/mol. The molecule has 0 spiro atoms. The number of benzene rings is 3. The van der Waals surface area contributed by atoms with Crippen molar-refractivity contribution >= 4 is 57.9 Å². The fourth-order valence-corrected chi connectivity index (χ4v) is 4.64. The normalized spacial score (nSPS) is 13.7. The van der Waals surface area contributed by atoms with Crippen LogP contribution in [0.15, 0.2) is 75.0 Å². The number of aromatic amines is 2. The summed E-state index contributed by atoms with van der Waals surface area (Å²) in [5.74, 6) is -0.711. The van der Waals surface area contributed by atoms with Crippen molar-refractivity contribution < 1.29 is 23.6 Å². The summed E-state index contributed by atoms with van der Waals surface area (Å²) < 4.78 is 10.5. The topological polar surface area (TPSA) is 159 Å². The number of Topliss-reactive ketones (excluding diaryl/α,β-unsaturated/α-hetero) is 1. The number of imidazole rings is 1. The fraction of sp³-hybridized carbons (Fsp3) is 0.111. The van der Waals surface area contributed by atoms with Crippen molar-refractivity contribution in [3.8, 4) is 5.75 Å². The quantitative estimate of drug-likeness (QED) is 0.0677. The highest BCUT2D eigenvalue weighted by molar-refractivity contribution is 7.94. The molecule has 0 atom stereocenters. The highest BCUT2D eigenvalue weighted by Gasteiger charge is 2.30. The average Bonchev–Trinajstić information content (AvgIpc) is 3.32. The van der Waals surface area contributed by atoms with Gasteiger partial charge in [-0.15, -0.1) is 9.32 Å². The molecule has 1 amide bonds. The molecule has 4 aromatic rings. The van der Waals surface area contributed by atoms with Gasteiger partial charge in [0.05, 0.1) is 41.4 Å². The Bertz CT molecular complexity index is 1740. The van der Waals surface area contributed by atoms with E-state index in [0.717, 1.165) is 22.5 Å². The van der Waals surface area contributed by atoms with Gasteiger partial charge in [0.1, 0.15) is 11.5 Å². The zero-order chi connectivity index (χ0) is 28.2. The molecule has 5 rings (SSSR count). The van der Waals surface area contributed by atoms with E-state index in [9.17, 15) is 14.4 Å². The van der Waals surface area contributed by atoms with Crippen molar-refractivity contribution in [2.24, 2.45) is 5.10 Å². The molecule has 0 bridgehead atoms. The van der Waals surface area contributed by atoms with E-state index in [4.69, 9.17) is 14.1 Å². The molecule has 0 radical (unpaired) electrons. The molecule has 12 nitrogen and oxygen atoms in total. The lowest BCUT2D eigenvalue weighted by atomic mass is 9.89. The Morgan fingerprint density at radius 1 is 1.02 bits per heavy atom. The van der Waals surface area contributed by atoms with Crippen LogP contribution in [0.2, 0.25) is 0 Å². The van der Waals surface area contributed by atoms with Crippen LogP contribution in [0, 0.1) is 6.92 Å². The number of carbonyl (C=O) groups excluding carboxylic acids is 2. The molecule has 0 saturated heterocycles. The van der Waals surface area contributed by atoms with Gasteiger partial charge in [0.15, 0.2) is 0 Å². The molecular formula is C27H24N6O6S.